The van der Waals surface area contributed by atoms with E-state index in [0.717, 1.165) is 26.2 Å². The first-order valence-corrected chi connectivity index (χ1v) is 4.41. The van der Waals surface area contributed by atoms with Crippen LogP contribution in [0.15, 0.2) is 0 Å². The molecule has 0 radical (unpaired) electrons. The second-order valence-corrected chi connectivity index (χ2v) is 2.77. The molecular formula is C8H18N2O2. The molecule has 0 spiro atoms. The van der Waals surface area contributed by atoms with Crippen LogP contribution in [-0.2, 0) is 9.53 Å². The molecule has 0 aromatic rings. The van der Waals surface area contributed by atoms with Gasteiger partial charge in [-0.2, -0.15) is 0 Å². The molecule has 0 bridgehead atoms. The van der Waals surface area contributed by atoms with Crippen LogP contribution in [0, 0.1) is 0 Å². The third-order valence-corrected chi connectivity index (χ3v) is 1.90. The monoisotopic (exact) mass is 174 g/mol. The van der Waals surface area contributed by atoms with E-state index in [4.69, 9.17) is 4.74 Å². The maximum Gasteiger partial charge on any atom is 0.248 e. The van der Waals surface area contributed by atoms with Gasteiger partial charge in [-0.15, -0.1) is 0 Å². The van der Waals surface area contributed by atoms with Crippen LogP contribution in [0.4, 0.5) is 0 Å². The van der Waals surface area contributed by atoms with Crippen LogP contribution in [0.25, 0.3) is 0 Å². The molecule has 1 saturated heterocycles. The molecule has 1 aliphatic rings. The van der Waals surface area contributed by atoms with Crippen molar-refractivity contribution in [2.75, 3.05) is 39.4 Å². The number of nitrogens with zero attached hydrogens (tertiary/aromatic N) is 1. The number of nitrogens with one attached hydrogen (secondary N) is 1. The fourth-order valence-electron chi connectivity index (χ4n) is 1.19. The third kappa shape index (κ3) is 2.79. The Hall–Kier alpha value is -0.610. The van der Waals surface area contributed by atoms with Gasteiger partial charge in [-0.25, -0.2) is 0 Å². The molecular weight excluding hydrogens is 156 g/mol. The number of piperazine rings is 1. The second kappa shape index (κ2) is 5.11. The highest BCUT2D eigenvalue weighted by Crippen LogP contribution is 1.93. The molecule has 0 aromatic carbocycles. The molecule has 0 atom stereocenters. The summed E-state index contributed by atoms with van der Waals surface area (Å²) >= 11 is 0. The minimum Gasteiger partial charge on any atom is -0.372 e. The van der Waals surface area contributed by atoms with Crippen LogP contribution in [-0.4, -0.2) is 50.2 Å². The van der Waals surface area contributed by atoms with E-state index in [1.165, 1.54) is 0 Å². The van der Waals surface area contributed by atoms with Crippen LogP contribution in [0.2, 0.25) is 0 Å². The van der Waals surface area contributed by atoms with Gasteiger partial charge in [0.1, 0.15) is 6.61 Å². The highest BCUT2D eigenvalue weighted by Gasteiger charge is 2.15. The molecule has 72 valence electrons. The van der Waals surface area contributed by atoms with E-state index < -0.39 is 0 Å². The molecule has 1 rings (SSSR count). The minimum absolute atomic E-state index is 0. The van der Waals surface area contributed by atoms with Crippen molar-refractivity contribution >= 4 is 5.91 Å². The minimum atomic E-state index is 0. The molecule has 0 aliphatic carbocycles. The topological polar surface area (TPSA) is 41.6 Å². The summed E-state index contributed by atoms with van der Waals surface area (Å²) in [5, 5.41) is 3.19. The number of rotatable bonds is 3. The zero-order valence-corrected chi connectivity index (χ0v) is 7.51. The van der Waals surface area contributed by atoms with Gasteiger partial charge in [-0.3, -0.25) is 4.79 Å². The first kappa shape index (κ1) is 9.48. The van der Waals surface area contributed by atoms with Crippen molar-refractivity contribution in [1.29, 1.82) is 0 Å². The average molecular weight is 174 g/mol. The fourth-order valence-corrected chi connectivity index (χ4v) is 1.19. The predicted molar refractivity (Wildman–Crippen MR) is 48.1 cm³/mol. The zero-order valence-electron chi connectivity index (χ0n) is 7.51. The van der Waals surface area contributed by atoms with Crippen LogP contribution < -0.4 is 5.32 Å². The molecule has 4 heteroatoms. The lowest BCUT2D eigenvalue weighted by Crippen LogP contribution is -2.47. The zero-order chi connectivity index (χ0) is 8.81. The molecule has 4 nitrogen and oxygen atoms in total. The Morgan fingerprint density at radius 2 is 2.25 bits per heavy atom. The van der Waals surface area contributed by atoms with E-state index in [0.29, 0.717) is 6.61 Å². The van der Waals surface area contributed by atoms with Gasteiger partial charge >= 0.3 is 0 Å². The Morgan fingerprint density at radius 1 is 1.58 bits per heavy atom. The van der Waals surface area contributed by atoms with Crippen molar-refractivity contribution in [2.24, 2.45) is 0 Å². The SMILES string of the molecule is CCOCC(=O)N1CCNCC1.[HH]. The van der Waals surface area contributed by atoms with E-state index in [2.05, 4.69) is 5.32 Å². The molecule has 0 aromatic heterocycles. The van der Waals surface area contributed by atoms with Gasteiger partial charge in [0, 0.05) is 34.2 Å². The number of amides is 1. The highest BCUT2D eigenvalue weighted by molar-refractivity contribution is 5.77. The number of carbonyl (C=O) groups excluding carboxylic acids is 1. The predicted octanol–water partition coefficient (Wildman–Crippen LogP) is -0.299. The standard InChI is InChI=1S/C8H16N2O2.H2/c1-2-12-7-8(11)10-5-3-9-4-6-10;/h9H,2-7H2,1H3;1H. The molecule has 1 fully saturated rings. The lowest BCUT2D eigenvalue weighted by molar-refractivity contribution is -0.136. The Balaban J connectivity index is 0.00000144. The summed E-state index contributed by atoms with van der Waals surface area (Å²) in [6, 6.07) is 0. The summed E-state index contributed by atoms with van der Waals surface area (Å²) in [5.74, 6) is 0.110. The first-order valence-electron chi connectivity index (χ1n) is 4.41. The second-order valence-electron chi connectivity index (χ2n) is 2.77. The summed E-state index contributed by atoms with van der Waals surface area (Å²) in [7, 11) is 0. The van der Waals surface area contributed by atoms with E-state index in [1.54, 1.807) is 0 Å². The molecule has 0 unspecified atom stereocenters. The van der Waals surface area contributed by atoms with Gasteiger partial charge in [0.25, 0.3) is 0 Å². The van der Waals surface area contributed by atoms with E-state index in [9.17, 15) is 4.79 Å². The summed E-state index contributed by atoms with van der Waals surface area (Å²) < 4.78 is 5.04. The Bertz CT molecular complexity index is 149. The Morgan fingerprint density at radius 3 is 2.83 bits per heavy atom. The van der Waals surface area contributed by atoms with Gasteiger partial charge in [0.15, 0.2) is 0 Å². The lowest BCUT2D eigenvalue weighted by Gasteiger charge is -2.27. The smallest absolute Gasteiger partial charge is 0.248 e. The van der Waals surface area contributed by atoms with Crippen LogP contribution in [0.3, 0.4) is 0 Å². The van der Waals surface area contributed by atoms with Crippen LogP contribution in [0.5, 0.6) is 0 Å². The number of carbonyl (C=O) groups is 1. The molecule has 1 heterocycles. The molecule has 12 heavy (non-hydrogen) atoms. The van der Waals surface area contributed by atoms with Crippen molar-refractivity contribution in [3.8, 4) is 0 Å². The van der Waals surface area contributed by atoms with Crippen molar-refractivity contribution in [2.45, 2.75) is 6.92 Å². The van der Waals surface area contributed by atoms with Crippen molar-refractivity contribution in [3.05, 3.63) is 0 Å². The fraction of sp³-hybridized carbons (Fsp3) is 0.875. The Labute approximate surface area is 74.4 Å². The van der Waals surface area contributed by atoms with E-state index in [-0.39, 0.29) is 13.9 Å². The molecule has 0 saturated carbocycles. The Kier molecular flexibility index (Phi) is 4.04. The number of hydrogen-bond acceptors (Lipinski definition) is 3. The van der Waals surface area contributed by atoms with Gasteiger partial charge in [0.2, 0.25) is 5.91 Å². The highest BCUT2D eigenvalue weighted by atomic mass is 16.5. The van der Waals surface area contributed by atoms with Crippen molar-refractivity contribution < 1.29 is 11.0 Å². The molecule has 1 aliphatic heterocycles. The third-order valence-electron chi connectivity index (χ3n) is 1.90. The maximum absolute atomic E-state index is 11.3. The quantitative estimate of drug-likeness (QED) is 0.638. The van der Waals surface area contributed by atoms with Crippen molar-refractivity contribution in [3.63, 3.8) is 0 Å². The number of hydrogen-bond donors (Lipinski definition) is 1. The van der Waals surface area contributed by atoms with Crippen molar-refractivity contribution in [1.82, 2.24) is 10.2 Å². The number of ether oxygens (including phenoxy) is 1. The summed E-state index contributed by atoms with van der Waals surface area (Å²) in [5.41, 5.74) is 0. The van der Waals surface area contributed by atoms with Crippen LogP contribution in [0.1, 0.15) is 8.35 Å². The van der Waals surface area contributed by atoms with E-state index in [1.807, 2.05) is 11.8 Å². The van der Waals surface area contributed by atoms with Gasteiger partial charge in [-0.05, 0) is 6.92 Å². The lowest BCUT2D eigenvalue weighted by atomic mass is 10.3. The normalized spacial score (nSPS) is 17.9. The molecule has 1 amide bonds. The maximum atomic E-state index is 11.3. The summed E-state index contributed by atoms with van der Waals surface area (Å²) in [4.78, 5) is 13.2. The molecule has 1 N–H and O–H groups in total. The first-order chi connectivity index (χ1) is 5.84. The van der Waals surface area contributed by atoms with E-state index >= 15 is 0 Å². The van der Waals surface area contributed by atoms with Crippen LogP contribution >= 0.6 is 0 Å². The van der Waals surface area contributed by atoms with Gasteiger partial charge in [0.05, 0.1) is 0 Å². The summed E-state index contributed by atoms with van der Waals surface area (Å²) in [6.07, 6.45) is 0. The largest absolute Gasteiger partial charge is 0.372 e. The average Bonchev–Trinajstić information content (AvgIpc) is 2.15. The van der Waals surface area contributed by atoms with Gasteiger partial charge < -0.3 is 15.0 Å². The van der Waals surface area contributed by atoms with Gasteiger partial charge in [-0.1, -0.05) is 0 Å². The summed E-state index contributed by atoms with van der Waals surface area (Å²) in [6.45, 7) is 6.16.